The van der Waals surface area contributed by atoms with Gasteiger partial charge in [0.25, 0.3) is 5.69 Å². The lowest BCUT2D eigenvalue weighted by Crippen LogP contribution is -2.19. The van der Waals surface area contributed by atoms with Crippen LogP contribution in [0.5, 0.6) is 0 Å². The molecule has 0 amide bonds. The van der Waals surface area contributed by atoms with Crippen LogP contribution in [0.15, 0.2) is 18.2 Å². The fraction of sp³-hybridized carbons (Fsp3) is 0.455. The molecule has 0 heterocycles. The van der Waals surface area contributed by atoms with Gasteiger partial charge >= 0.3 is 0 Å². The van der Waals surface area contributed by atoms with Crippen LogP contribution in [-0.2, 0) is 0 Å². The Balaban J connectivity index is 2.91. The Kier molecular flexibility index (Phi) is 3.47. The average molecular weight is 226 g/mol. The highest BCUT2D eigenvalue weighted by molar-refractivity contribution is 5.61. The zero-order valence-electron chi connectivity index (χ0n) is 9.58. The number of nitro groups is 1. The van der Waals surface area contributed by atoms with E-state index in [0.29, 0.717) is 12.2 Å². The Hall–Kier alpha value is -1.65. The van der Waals surface area contributed by atoms with Gasteiger partial charge in [-0.1, -0.05) is 20.8 Å². The summed E-state index contributed by atoms with van der Waals surface area (Å²) in [6, 6.07) is 3.52. The number of halogens is 1. The van der Waals surface area contributed by atoms with Crippen molar-refractivity contribution in [2.75, 3.05) is 11.9 Å². The zero-order chi connectivity index (χ0) is 12.3. The van der Waals surface area contributed by atoms with Gasteiger partial charge in [-0.05, 0) is 17.5 Å². The summed E-state index contributed by atoms with van der Waals surface area (Å²) in [5, 5.41) is 13.7. The predicted octanol–water partition coefficient (Wildman–Crippen LogP) is 3.19. The molecule has 0 aromatic heterocycles. The van der Waals surface area contributed by atoms with Crippen LogP contribution in [0.2, 0.25) is 0 Å². The first-order chi connectivity index (χ1) is 7.29. The number of nitrogens with zero attached hydrogens (tertiary/aromatic N) is 1. The Morgan fingerprint density at radius 3 is 2.56 bits per heavy atom. The quantitative estimate of drug-likeness (QED) is 0.636. The standard InChI is InChI=1S/C11H15FN2O2/c1-11(2,3)7-13-9-5-4-8(12)6-10(9)14(15)16/h4-6,13H,7H2,1-3H3. The van der Waals surface area contributed by atoms with Gasteiger partial charge in [0.15, 0.2) is 0 Å². The largest absolute Gasteiger partial charge is 0.379 e. The third-order valence-electron chi connectivity index (χ3n) is 1.97. The van der Waals surface area contributed by atoms with Crippen molar-refractivity contribution in [3.05, 3.63) is 34.1 Å². The molecule has 0 atom stereocenters. The minimum atomic E-state index is -0.604. The molecule has 0 aliphatic carbocycles. The Bertz CT molecular complexity index is 399. The van der Waals surface area contributed by atoms with Gasteiger partial charge in [-0.2, -0.15) is 0 Å². The smallest absolute Gasteiger partial charge is 0.295 e. The maximum atomic E-state index is 12.8. The molecular formula is C11H15FN2O2. The molecule has 0 aliphatic rings. The van der Waals surface area contributed by atoms with Gasteiger partial charge in [-0.3, -0.25) is 10.1 Å². The van der Waals surface area contributed by atoms with Crippen LogP contribution in [0.1, 0.15) is 20.8 Å². The summed E-state index contributed by atoms with van der Waals surface area (Å²) < 4.78 is 12.8. The van der Waals surface area contributed by atoms with Crippen LogP contribution < -0.4 is 5.32 Å². The van der Waals surface area contributed by atoms with Gasteiger partial charge in [-0.25, -0.2) is 4.39 Å². The molecule has 16 heavy (non-hydrogen) atoms. The van der Waals surface area contributed by atoms with Crippen LogP contribution in [0.3, 0.4) is 0 Å². The predicted molar refractivity (Wildman–Crippen MR) is 61.0 cm³/mol. The Morgan fingerprint density at radius 2 is 2.06 bits per heavy atom. The molecule has 88 valence electrons. The van der Waals surface area contributed by atoms with Gasteiger partial charge in [0.2, 0.25) is 0 Å². The number of rotatable bonds is 3. The Labute approximate surface area is 93.6 Å². The summed E-state index contributed by atoms with van der Waals surface area (Å²) in [6.45, 7) is 6.61. The summed E-state index contributed by atoms with van der Waals surface area (Å²) in [4.78, 5) is 10.1. The van der Waals surface area contributed by atoms with Crippen molar-refractivity contribution < 1.29 is 9.31 Å². The first kappa shape index (κ1) is 12.4. The van der Waals surface area contributed by atoms with E-state index in [-0.39, 0.29) is 11.1 Å². The van der Waals surface area contributed by atoms with E-state index in [2.05, 4.69) is 5.32 Å². The normalized spacial score (nSPS) is 11.2. The van der Waals surface area contributed by atoms with E-state index in [1.807, 2.05) is 20.8 Å². The number of hydrogen-bond donors (Lipinski definition) is 1. The SMILES string of the molecule is CC(C)(C)CNc1ccc(F)cc1[N+](=O)[O-]. The fourth-order valence-electron chi connectivity index (χ4n) is 1.17. The van der Waals surface area contributed by atoms with E-state index < -0.39 is 10.7 Å². The molecular weight excluding hydrogens is 211 g/mol. The molecule has 1 aromatic carbocycles. The maximum Gasteiger partial charge on any atom is 0.295 e. The fourth-order valence-corrected chi connectivity index (χ4v) is 1.17. The van der Waals surface area contributed by atoms with Crippen molar-refractivity contribution in [3.63, 3.8) is 0 Å². The maximum absolute atomic E-state index is 12.8. The number of benzene rings is 1. The highest BCUT2D eigenvalue weighted by Gasteiger charge is 2.17. The van der Waals surface area contributed by atoms with Crippen LogP contribution in [0, 0.1) is 21.3 Å². The average Bonchev–Trinajstić information content (AvgIpc) is 2.14. The molecule has 0 saturated heterocycles. The van der Waals surface area contributed by atoms with Crippen molar-refractivity contribution in [2.24, 2.45) is 5.41 Å². The third-order valence-corrected chi connectivity index (χ3v) is 1.97. The minimum absolute atomic E-state index is 0.00224. The van der Waals surface area contributed by atoms with Crippen molar-refractivity contribution in [1.82, 2.24) is 0 Å². The van der Waals surface area contributed by atoms with E-state index in [1.165, 1.54) is 12.1 Å². The lowest BCUT2D eigenvalue weighted by Gasteiger charge is -2.19. The zero-order valence-corrected chi connectivity index (χ0v) is 9.58. The highest BCUT2D eigenvalue weighted by atomic mass is 19.1. The summed E-state index contributed by atoms with van der Waals surface area (Å²) in [5.41, 5.74) is 0.119. The number of nitro benzene ring substituents is 1. The van der Waals surface area contributed by atoms with Crippen molar-refractivity contribution in [3.8, 4) is 0 Å². The molecule has 0 bridgehead atoms. The lowest BCUT2D eigenvalue weighted by molar-refractivity contribution is -0.384. The topological polar surface area (TPSA) is 55.2 Å². The molecule has 5 heteroatoms. The van der Waals surface area contributed by atoms with Gasteiger partial charge in [-0.15, -0.1) is 0 Å². The van der Waals surface area contributed by atoms with Crippen molar-refractivity contribution in [2.45, 2.75) is 20.8 Å². The van der Waals surface area contributed by atoms with Gasteiger partial charge < -0.3 is 5.32 Å². The molecule has 1 aromatic rings. The molecule has 0 radical (unpaired) electrons. The summed E-state index contributed by atoms with van der Waals surface area (Å²) >= 11 is 0. The molecule has 0 unspecified atom stereocenters. The van der Waals surface area contributed by atoms with Crippen molar-refractivity contribution in [1.29, 1.82) is 0 Å². The number of anilines is 1. The van der Waals surface area contributed by atoms with E-state index in [9.17, 15) is 14.5 Å². The molecule has 0 spiro atoms. The molecule has 4 nitrogen and oxygen atoms in total. The molecule has 1 N–H and O–H groups in total. The van der Waals surface area contributed by atoms with Crippen LogP contribution in [0.4, 0.5) is 15.8 Å². The first-order valence-corrected chi connectivity index (χ1v) is 4.97. The lowest BCUT2D eigenvalue weighted by atomic mass is 9.97. The second-order valence-corrected chi connectivity index (χ2v) is 4.83. The molecule has 0 aliphatic heterocycles. The van der Waals surface area contributed by atoms with Crippen molar-refractivity contribution >= 4 is 11.4 Å². The molecule has 0 saturated carbocycles. The van der Waals surface area contributed by atoms with E-state index in [0.717, 1.165) is 6.07 Å². The van der Waals surface area contributed by atoms with Crippen LogP contribution >= 0.6 is 0 Å². The van der Waals surface area contributed by atoms with E-state index in [1.54, 1.807) is 0 Å². The van der Waals surface area contributed by atoms with E-state index >= 15 is 0 Å². The second kappa shape index (κ2) is 4.47. The highest BCUT2D eigenvalue weighted by Crippen LogP contribution is 2.26. The van der Waals surface area contributed by atoms with Gasteiger partial charge in [0.1, 0.15) is 11.5 Å². The van der Waals surface area contributed by atoms with Gasteiger partial charge in [0, 0.05) is 6.54 Å². The molecule has 0 fully saturated rings. The van der Waals surface area contributed by atoms with Crippen LogP contribution in [0.25, 0.3) is 0 Å². The van der Waals surface area contributed by atoms with E-state index in [4.69, 9.17) is 0 Å². The summed E-state index contributed by atoms with van der Waals surface area (Å²) in [6.07, 6.45) is 0. The van der Waals surface area contributed by atoms with Crippen LogP contribution in [-0.4, -0.2) is 11.5 Å². The number of hydrogen-bond acceptors (Lipinski definition) is 3. The third kappa shape index (κ3) is 3.49. The summed E-state index contributed by atoms with van der Waals surface area (Å²) in [5.74, 6) is -0.604. The van der Waals surface area contributed by atoms with Gasteiger partial charge in [0.05, 0.1) is 11.0 Å². The first-order valence-electron chi connectivity index (χ1n) is 4.97. The Morgan fingerprint density at radius 1 is 1.44 bits per heavy atom. The number of nitrogens with one attached hydrogen (secondary N) is 1. The second-order valence-electron chi connectivity index (χ2n) is 4.83. The summed E-state index contributed by atoms with van der Waals surface area (Å²) in [7, 11) is 0. The minimum Gasteiger partial charge on any atom is -0.379 e. The molecule has 1 rings (SSSR count). The monoisotopic (exact) mass is 226 g/mol.